The van der Waals surface area contributed by atoms with Crippen LogP contribution in [0.15, 0.2) is 53.5 Å². The Hall–Kier alpha value is -3.39. The van der Waals surface area contributed by atoms with Crippen molar-refractivity contribution in [3.05, 3.63) is 81.5 Å². The van der Waals surface area contributed by atoms with Gasteiger partial charge in [0.05, 0.1) is 11.7 Å². The fourth-order valence-electron chi connectivity index (χ4n) is 3.65. The molecule has 0 radical (unpaired) electrons. The van der Waals surface area contributed by atoms with E-state index in [2.05, 4.69) is 25.3 Å². The van der Waals surface area contributed by atoms with Gasteiger partial charge in [0.15, 0.2) is 5.82 Å². The van der Waals surface area contributed by atoms with E-state index < -0.39 is 6.04 Å². The Bertz CT molecular complexity index is 1310. The van der Waals surface area contributed by atoms with Gasteiger partial charge in [0, 0.05) is 34.4 Å². The predicted molar refractivity (Wildman–Crippen MR) is 129 cm³/mol. The van der Waals surface area contributed by atoms with Crippen molar-refractivity contribution in [3.63, 3.8) is 0 Å². The lowest BCUT2D eigenvalue weighted by Crippen LogP contribution is -2.30. The Morgan fingerprint density at radius 3 is 2.75 bits per heavy atom. The van der Waals surface area contributed by atoms with Gasteiger partial charge >= 0.3 is 0 Å². The van der Waals surface area contributed by atoms with E-state index in [-0.39, 0.29) is 11.5 Å². The molecule has 0 aliphatic heterocycles. The first-order valence-corrected chi connectivity index (χ1v) is 11.8. The van der Waals surface area contributed by atoms with Gasteiger partial charge in [-0.2, -0.15) is 11.8 Å². The maximum absolute atomic E-state index is 13.1. The molecule has 7 nitrogen and oxygen atoms in total. The number of nitrogens with one attached hydrogen (secondary N) is 3. The minimum absolute atomic E-state index is 0.197. The molecule has 3 heterocycles. The molecular formula is C24H25N5O2S. The van der Waals surface area contributed by atoms with Gasteiger partial charge in [-0.25, -0.2) is 4.98 Å². The van der Waals surface area contributed by atoms with Crippen molar-refractivity contribution in [1.29, 1.82) is 0 Å². The van der Waals surface area contributed by atoms with Crippen LogP contribution in [0.3, 0.4) is 0 Å². The summed E-state index contributed by atoms with van der Waals surface area (Å²) in [4.78, 5) is 40.5. The molecule has 0 fully saturated rings. The van der Waals surface area contributed by atoms with Crippen molar-refractivity contribution in [2.24, 2.45) is 0 Å². The van der Waals surface area contributed by atoms with Gasteiger partial charge in [-0.05, 0) is 68.2 Å². The van der Waals surface area contributed by atoms with E-state index in [0.717, 1.165) is 27.9 Å². The lowest BCUT2D eigenvalue weighted by molar-refractivity contribution is 0.0935. The number of nitrogens with zero attached hydrogens (tertiary/aromatic N) is 2. The van der Waals surface area contributed by atoms with E-state index in [1.807, 2.05) is 44.4 Å². The van der Waals surface area contributed by atoms with Crippen LogP contribution in [0.25, 0.3) is 22.4 Å². The van der Waals surface area contributed by atoms with Gasteiger partial charge in [-0.15, -0.1) is 0 Å². The Morgan fingerprint density at radius 1 is 1.16 bits per heavy atom. The molecular weight excluding hydrogens is 422 g/mol. The number of amides is 1. The van der Waals surface area contributed by atoms with E-state index >= 15 is 0 Å². The number of carbonyl (C=O) groups excluding carboxylic acids is 1. The second kappa shape index (κ2) is 9.40. The van der Waals surface area contributed by atoms with E-state index in [1.54, 1.807) is 30.1 Å². The van der Waals surface area contributed by atoms with Crippen LogP contribution >= 0.6 is 11.8 Å². The SMILES string of the molecule is CSCC[C@H](NC(=O)c1ccc2[nH]c(C)c(C)c2c1)c1cc(=O)[nH]c(-c2ccccn2)n1. The molecule has 0 aliphatic rings. The van der Waals surface area contributed by atoms with Crippen LogP contribution in [0.4, 0.5) is 0 Å². The quantitative estimate of drug-likeness (QED) is 0.395. The van der Waals surface area contributed by atoms with Gasteiger partial charge in [0.1, 0.15) is 5.69 Å². The number of benzene rings is 1. The van der Waals surface area contributed by atoms with E-state index in [0.29, 0.717) is 29.2 Å². The summed E-state index contributed by atoms with van der Waals surface area (Å²) >= 11 is 1.68. The topological polar surface area (TPSA) is 104 Å². The largest absolute Gasteiger partial charge is 0.358 e. The van der Waals surface area contributed by atoms with Crippen LogP contribution in [0, 0.1) is 13.8 Å². The molecule has 8 heteroatoms. The minimum atomic E-state index is -0.399. The summed E-state index contributed by atoms with van der Waals surface area (Å²) in [5, 5.41) is 4.11. The monoisotopic (exact) mass is 447 g/mol. The zero-order valence-corrected chi connectivity index (χ0v) is 19.0. The molecule has 32 heavy (non-hydrogen) atoms. The zero-order valence-electron chi connectivity index (χ0n) is 18.2. The fraction of sp³-hybridized carbons (Fsp3) is 0.250. The Balaban J connectivity index is 1.66. The summed E-state index contributed by atoms with van der Waals surface area (Å²) in [6.07, 6.45) is 4.31. The number of H-pyrrole nitrogens is 2. The van der Waals surface area contributed by atoms with E-state index in [4.69, 9.17) is 0 Å². The predicted octanol–water partition coefficient (Wildman–Crippen LogP) is 4.15. The molecule has 0 unspecified atom stereocenters. The van der Waals surface area contributed by atoms with Crippen LogP contribution < -0.4 is 10.9 Å². The highest BCUT2D eigenvalue weighted by Gasteiger charge is 2.19. The molecule has 3 N–H and O–H groups in total. The highest BCUT2D eigenvalue weighted by Crippen LogP contribution is 2.24. The maximum atomic E-state index is 13.1. The average Bonchev–Trinajstić information content (AvgIpc) is 3.09. The van der Waals surface area contributed by atoms with Crippen LogP contribution in [0.2, 0.25) is 0 Å². The molecule has 1 amide bonds. The molecule has 0 saturated heterocycles. The smallest absolute Gasteiger partial charge is 0.251 e. The lowest BCUT2D eigenvalue weighted by Gasteiger charge is -2.18. The third-order valence-electron chi connectivity index (χ3n) is 5.51. The standard InChI is InChI=1S/C24H25N5O2S/c1-14-15(2)26-18-8-7-16(12-17(14)18)24(31)28-19(9-11-32-3)21-13-22(30)29-23(27-21)20-6-4-5-10-25-20/h4-8,10,12-13,19,26H,9,11H2,1-3H3,(H,28,31)(H,27,29,30)/t19-/m0/s1. The van der Waals surface area contributed by atoms with E-state index in [9.17, 15) is 9.59 Å². The van der Waals surface area contributed by atoms with Gasteiger partial charge in [0.25, 0.3) is 11.5 Å². The van der Waals surface area contributed by atoms with Crippen molar-refractivity contribution < 1.29 is 4.79 Å². The molecule has 164 valence electrons. The molecule has 0 saturated carbocycles. The summed E-state index contributed by atoms with van der Waals surface area (Å²) in [5.41, 5.74) is 4.61. The molecule has 1 aromatic carbocycles. The third kappa shape index (κ3) is 4.60. The van der Waals surface area contributed by atoms with Gasteiger partial charge in [-0.3, -0.25) is 14.6 Å². The highest BCUT2D eigenvalue weighted by atomic mass is 32.2. The van der Waals surface area contributed by atoms with Crippen molar-refractivity contribution in [2.75, 3.05) is 12.0 Å². The fourth-order valence-corrected chi connectivity index (χ4v) is 4.12. The molecule has 0 spiro atoms. The zero-order chi connectivity index (χ0) is 22.7. The summed E-state index contributed by atoms with van der Waals surface area (Å²) in [7, 11) is 0. The third-order valence-corrected chi connectivity index (χ3v) is 6.16. The first-order valence-electron chi connectivity index (χ1n) is 10.4. The number of rotatable bonds is 7. The Labute approximate surface area is 190 Å². The number of thioether (sulfide) groups is 1. The average molecular weight is 448 g/mol. The second-order valence-corrected chi connectivity index (χ2v) is 8.66. The lowest BCUT2D eigenvalue weighted by atomic mass is 10.1. The number of aromatic nitrogens is 4. The number of aromatic amines is 2. The summed E-state index contributed by atoms with van der Waals surface area (Å²) in [6.45, 7) is 4.06. The number of carbonyl (C=O) groups is 1. The number of hydrogen-bond acceptors (Lipinski definition) is 5. The summed E-state index contributed by atoms with van der Waals surface area (Å²) in [5.74, 6) is 1.00. The van der Waals surface area contributed by atoms with Gasteiger partial charge < -0.3 is 15.3 Å². The number of pyridine rings is 1. The normalized spacial score (nSPS) is 12.1. The van der Waals surface area contributed by atoms with Crippen LogP contribution in [-0.4, -0.2) is 37.9 Å². The molecule has 0 aliphatic carbocycles. The first-order chi connectivity index (χ1) is 15.5. The minimum Gasteiger partial charge on any atom is -0.358 e. The van der Waals surface area contributed by atoms with Crippen molar-refractivity contribution in [2.45, 2.75) is 26.3 Å². The maximum Gasteiger partial charge on any atom is 0.251 e. The summed E-state index contributed by atoms with van der Waals surface area (Å²) < 4.78 is 0. The van der Waals surface area contributed by atoms with E-state index in [1.165, 1.54) is 6.07 Å². The highest BCUT2D eigenvalue weighted by molar-refractivity contribution is 7.98. The molecule has 4 rings (SSSR count). The van der Waals surface area contributed by atoms with Crippen LogP contribution in [0.5, 0.6) is 0 Å². The molecule has 3 aromatic heterocycles. The second-order valence-electron chi connectivity index (χ2n) is 7.68. The molecule has 4 aromatic rings. The van der Waals surface area contributed by atoms with Crippen LogP contribution in [0.1, 0.15) is 39.8 Å². The van der Waals surface area contributed by atoms with Gasteiger partial charge in [0.2, 0.25) is 0 Å². The number of aryl methyl sites for hydroxylation is 2. The van der Waals surface area contributed by atoms with Crippen molar-refractivity contribution >= 4 is 28.6 Å². The molecule has 1 atom stereocenters. The van der Waals surface area contributed by atoms with Gasteiger partial charge in [-0.1, -0.05) is 6.07 Å². The Kier molecular flexibility index (Phi) is 6.41. The number of hydrogen-bond donors (Lipinski definition) is 3. The molecule has 0 bridgehead atoms. The van der Waals surface area contributed by atoms with Crippen LogP contribution in [-0.2, 0) is 0 Å². The Morgan fingerprint density at radius 2 is 2.00 bits per heavy atom. The summed E-state index contributed by atoms with van der Waals surface area (Å²) in [6, 6.07) is 12.1. The van der Waals surface area contributed by atoms with Crippen molar-refractivity contribution in [3.8, 4) is 11.5 Å². The number of fused-ring (bicyclic) bond motifs is 1. The van der Waals surface area contributed by atoms with Crippen molar-refractivity contribution in [1.82, 2.24) is 25.3 Å². The first kappa shape index (κ1) is 21.8.